The predicted octanol–water partition coefficient (Wildman–Crippen LogP) is 4.45. The van der Waals surface area contributed by atoms with Gasteiger partial charge < -0.3 is 9.47 Å². The third-order valence-corrected chi connectivity index (χ3v) is 5.58. The van der Waals surface area contributed by atoms with Gasteiger partial charge in [0.1, 0.15) is 5.75 Å². The Kier molecular flexibility index (Phi) is 7.48. The lowest BCUT2D eigenvalue weighted by molar-refractivity contribution is -0.142. The van der Waals surface area contributed by atoms with Crippen LogP contribution in [0.2, 0.25) is 0 Å². The lowest BCUT2D eigenvalue weighted by Gasteiger charge is -2.19. The minimum absolute atomic E-state index is 0.0393. The van der Waals surface area contributed by atoms with E-state index in [9.17, 15) is 14.4 Å². The molecule has 166 valence electrons. The summed E-state index contributed by atoms with van der Waals surface area (Å²) in [5.74, 6) is -0.0991. The van der Waals surface area contributed by atoms with Crippen molar-refractivity contribution in [1.82, 2.24) is 4.90 Å². The van der Waals surface area contributed by atoms with Gasteiger partial charge in [0.25, 0.3) is 5.91 Å². The Balaban J connectivity index is 1.83. The summed E-state index contributed by atoms with van der Waals surface area (Å²) in [5.41, 5.74) is 2.00. The maximum absolute atomic E-state index is 13.0. The summed E-state index contributed by atoms with van der Waals surface area (Å²) in [6.07, 6.45) is 1.79. The molecule has 32 heavy (non-hydrogen) atoms. The van der Waals surface area contributed by atoms with Crippen LogP contribution in [-0.2, 0) is 14.3 Å². The molecule has 2 aromatic carbocycles. The van der Waals surface area contributed by atoms with E-state index in [0.29, 0.717) is 27.1 Å². The van der Waals surface area contributed by atoms with Crippen molar-refractivity contribution < 1.29 is 23.9 Å². The third kappa shape index (κ3) is 5.64. The lowest BCUT2D eigenvalue weighted by Crippen LogP contribution is -2.35. The van der Waals surface area contributed by atoms with Crippen molar-refractivity contribution in [3.8, 4) is 5.75 Å². The molecule has 1 saturated heterocycles. The van der Waals surface area contributed by atoms with Crippen LogP contribution in [0.3, 0.4) is 0 Å². The van der Waals surface area contributed by atoms with Crippen molar-refractivity contribution in [2.45, 2.75) is 26.8 Å². The first kappa shape index (κ1) is 23.3. The number of hydrogen-bond donors (Lipinski definition) is 0. The number of Topliss-reactive ketones (excluding diaryl/α,β-unsaturated/α-hetero) is 1. The van der Waals surface area contributed by atoms with E-state index in [-0.39, 0.29) is 24.3 Å². The minimum atomic E-state index is -0.460. The Morgan fingerprint density at radius 2 is 1.88 bits per heavy atom. The van der Waals surface area contributed by atoms with Crippen LogP contribution in [0.4, 0.5) is 5.69 Å². The fourth-order valence-electron chi connectivity index (χ4n) is 2.94. The first-order chi connectivity index (χ1) is 15.3. The first-order valence-electron chi connectivity index (χ1n) is 10.0. The Morgan fingerprint density at radius 1 is 1.16 bits per heavy atom. The fraction of sp³-hybridized carbons (Fsp3) is 0.250. The van der Waals surface area contributed by atoms with Crippen LogP contribution in [0, 0.1) is 0 Å². The monoisotopic (exact) mass is 452 g/mol. The van der Waals surface area contributed by atoms with Crippen LogP contribution >= 0.6 is 11.8 Å². The van der Waals surface area contributed by atoms with Gasteiger partial charge in [-0.15, -0.1) is 0 Å². The molecule has 0 unspecified atom stereocenters. The molecule has 3 rings (SSSR count). The standard InChI is InChI=1S/C24H24N2O5S/c1-15(2)26-23(29)21(12-17-8-10-20(11-9-17)31-14-22(28)30-4)32-24(26)25-19-7-5-6-18(13-19)16(3)27/h5-13,15H,14H2,1-4H3/b21-12-,25-24?. The molecule has 0 atom stereocenters. The molecular weight excluding hydrogens is 428 g/mol. The number of esters is 1. The number of carbonyl (C=O) groups is 3. The largest absolute Gasteiger partial charge is 0.482 e. The van der Waals surface area contributed by atoms with Gasteiger partial charge in [-0.2, -0.15) is 0 Å². The summed E-state index contributed by atoms with van der Waals surface area (Å²) >= 11 is 1.29. The first-order valence-corrected chi connectivity index (χ1v) is 10.8. The summed E-state index contributed by atoms with van der Waals surface area (Å²) in [6, 6.07) is 14.0. The number of nitrogens with zero attached hydrogens (tertiary/aromatic N) is 2. The second-order valence-corrected chi connectivity index (χ2v) is 8.32. The van der Waals surface area contributed by atoms with E-state index in [1.165, 1.54) is 25.8 Å². The van der Waals surface area contributed by atoms with Gasteiger partial charge in [-0.1, -0.05) is 24.3 Å². The molecule has 1 aliphatic heterocycles. The maximum Gasteiger partial charge on any atom is 0.343 e. The molecule has 1 aliphatic rings. The van der Waals surface area contributed by atoms with Crippen molar-refractivity contribution in [3.63, 3.8) is 0 Å². The summed E-state index contributed by atoms with van der Waals surface area (Å²) in [4.78, 5) is 42.7. The van der Waals surface area contributed by atoms with Gasteiger partial charge in [0.05, 0.1) is 17.7 Å². The third-order valence-electron chi connectivity index (χ3n) is 4.59. The van der Waals surface area contributed by atoms with E-state index in [2.05, 4.69) is 9.73 Å². The van der Waals surface area contributed by atoms with Crippen LogP contribution in [0.15, 0.2) is 58.4 Å². The normalized spacial score (nSPS) is 16.2. The van der Waals surface area contributed by atoms with Gasteiger partial charge in [0.15, 0.2) is 17.6 Å². The average molecular weight is 453 g/mol. The van der Waals surface area contributed by atoms with Crippen molar-refractivity contribution in [2.24, 2.45) is 4.99 Å². The van der Waals surface area contributed by atoms with E-state index in [4.69, 9.17) is 4.74 Å². The zero-order chi connectivity index (χ0) is 23.3. The molecule has 1 heterocycles. The molecule has 0 aromatic heterocycles. The molecule has 0 radical (unpaired) electrons. The number of methoxy groups -OCH3 is 1. The highest BCUT2D eigenvalue weighted by Gasteiger charge is 2.35. The molecular formula is C24H24N2O5S. The molecule has 1 amide bonds. The van der Waals surface area contributed by atoms with Crippen molar-refractivity contribution >= 4 is 46.4 Å². The summed E-state index contributed by atoms with van der Waals surface area (Å²) < 4.78 is 9.89. The van der Waals surface area contributed by atoms with Gasteiger partial charge in [0, 0.05) is 11.6 Å². The molecule has 0 aliphatic carbocycles. The zero-order valence-electron chi connectivity index (χ0n) is 18.3. The van der Waals surface area contributed by atoms with Crippen LogP contribution in [-0.4, -0.2) is 47.5 Å². The fourth-order valence-corrected chi connectivity index (χ4v) is 4.06. The second kappa shape index (κ2) is 10.3. The molecule has 0 bridgehead atoms. The number of benzene rings is 2. The van der Waals surface area contributed by atoms with Crippen molar-refractivity contribution in [2.75, 3.05) is 13.7 Å². The van der Waals surface area contributed by atoms with E-state index in [0.717, 1.165) is 5.56 Å². The Bertz CT molecular complexity index is 1090. The quantitative estimate of drug-likeness (QED) is 0.350. The lowest BCUT2D eigenvalue weighted by atomic mass is 10.1. The highest BCUT2D eigenvalue weighted by molar-refractivity contribution is 8.18. The molecule has 0 N–H and O–H groups in total. The molecule has 1 fully saturated rings. The Morgan fingerprint density at radius 3 is 2.50 bits per heavy atom. The van der Waals surface area contributed by atoms with E-state index < -0.39 is 5.97 Å². The van der Waals surface area contributed by atoms with Crippen LogP contribution < -0.4 is 4.74 Å². The summed E-state index contributed by atoms with van der Waals surface area (Å²) in [7, 11) is 1.30. The SMILES string of the molecule is COC(=O)COc1ccc(/C=C2\SC(=Nc3cccc(C(C)=O)c3)N(C(C)C)C2=O)cc1. The Labute approximate surface area is 191 Å². The molecule has 7 nitrogen and oxygen atoms in total. The molecule has 2 aromatic rings. The number of aliphatic imine (C=N–C) groups is 1. The summed E-state index contributed by atoms with van der Waals surface area (Å²) in [6.45, 7) is 5.19. The highest BCUT2D eigenvalue weighted by Crippen LogP contribution is 2.35. The topological polar surface area (TPSA) is 85.3 Å². The second-order valence-electron chi connectivity index (χ2n) is 7.31. The number of ketones is 1. The maximum atomic E-state index is 13.0. The summed E-state index contributed by atoms with van der Waals surface area (Å²) in [5, 5.41) is 0.565. The number of rotatable bonds is 7. The van der Waals surface area contributed by atoms with Crippen molar-refractivity contribution in [1.29, 1.82) is 0 Å². The van der Waals surface area contributed by atoms with E-state index >= 15 is 0 Å². The molecule has 0 saturated carbocycles. The zero-order valence-corrected chi connectivity index (χ0v) is 19.1. The van der Waals surface area contributed by atoms with Gasteiger partial charge in [0.2, 0.25) is 0 Å². The van der Waals surface area contributed by atoms with Crippen LogP contribution in [0.5, 0.6) is 5.75 Å². The molecule has 0 spiro atoms. The number of ether oxygens (including phenoxy) is 2. The molecule has 8 heteroatoms. The van der Waals surface area contributed by atoms with E-state index in [1.807, 2.05) is 13.8 Å². The van der Waals surface area contributed by atoms with Gasteiger partial charge in [-0.25, -0.2) is 9.79 Å². The number of thioether (sulfide) groups is 1. The minimum Gasteiger partial charge on any atom is -0.482 e. The average Bonchev–Trinajstić information content (AvgIpc) is 3.07. The Hall–Kier alpha value is -3.39. The highest BCUT2D eigenvalue weighted by atomic mass is 32.2. The number of amidine groups is 1. The van der Waals surface area contributed by atoms with Gasteiger partial charge >= 0.3 is 5.97 Å². The van der Waals surface area contributed by atoms with Crippen molar-refractivity contribution in [3.05, 3.63) is 64.6 Å². The van der Waals surface area contributed by atoms with E-state index in [1.54, 1.807) is 59.5 Å². The van der Waals surface area contributed by atoms with Gasteiger partial charge in [-0.05, 0) is 68.4 Å². The predicted molar refractivity (Wildman–Crippen MR) is 125 cm³/mol. The van der Waals surface area contributed by atoms with Gasteiger partial charge in [-0.3, -0.25) is 14.5 Å². The number of carbonyl (C=O) groups excluding carboxylic acids is 3. The number of hydrogen-bond acceptors (Lipinski definition) is 7. The van der Waals surface area contributed by atoms with Crippen LogP contribution in [0.25, 0.3) is 6.08 Å². The van der Waals surface area contributed by atoms with Crippen LogP contribution in [0.1, 0.15) is 36.7 Å². The smallest absolute Gasteiger partial charge is 0.343 e. The number of amides is 1.